The molecule has 0 bridgehead atoms. The molecule has 0 saturated carbocycles. The van der Waals surface area contributed by atoms with Gasteiger partial charge in [0.25, 0.3) is 15.9 Å². The van der Waals surface area contributed by atoms with Crippen LogP contribution < -0.4 is 14.9 Å². The number of piperazine rings is 1. The van der Waals surface area contributed by atoms with Crippen LogP contribution in [-0.4, -0.2) is 45.4 Å². The molecule has 1 heterocycles. The molecule has 1 aliphatic heterocycles. The van der Waals surface area contributed by atoms with Crippen molar-refractivity contribution in [3.63, 3.8) is 0 Å². The molecule has 9 heteroatoms. The molecule has 5 rings (SSSR count). The van der Waals surface area contributed by atoms with E-state index in [0.717, 1.165) is 38.3 Å². The van der Waals surface area contributed by atoms with Gasteiger partial charge in [0.1, 0.15) is 0 Å². The third-order valence-corrected chi connectivity index (χ3v) is 8.84. The van der Waals surface area contributed by atoms with Gasteiger partial charge in [0.2, 0.25) is 0 Å². The lowest BCUT2D eigenvalue weighted by atomic mass is 10.1. The molecule has 40 heavy (non-hydrogen) atoms. The molecule has 1 fully saturated rings. The molecule has 0 aromatic heterocycles. The number of halogens is 1. The maximum absolute atomic E-state index is 12.8. The van der Waals surface area contributed by atoms with Gasteiger partial charge in [0, 0.05) is 54.7 Å². The Hall–Kier alpha value is -3.85. The molecular weight excluding hydrogens is 544 g/mol. The average Bonchev–Trinajstić information content (AvgIpc) is 2.97. The Labute approximate surface area is 240 Å². The summed E-state index contributed by atoms with van der Waals surface area (Å²) in [6.45, 7) is 6.53. The van der Waals surface area contributed by atoms with Gasteiger partial charge in [0.15, 0.2) is 0 Å². The fourth-order valence-electron chi connectivity index (χ4n) is 4.67. The van der Waals surface area contributed by atoms with Gasteiger partial charge >= 0.3 is 0 Å². The first-order valence-corrected chi connectivity index (χ1v) is 15.0. The Balaban J connectivity index is 1.14. The number of nitrogens with one attached hydrogen (secondary N) is 2. The van der Waals surface area contributed by atoms with Crippen LogP contribution in [0.2, 0.25) is 5.02 Å². The zero-order chi connectivity index (χ0) is 28.1. The van der Waals surface area contributed by atoms with E-state index in [1.807, 2.05) is 30.3 Å². The zero-order valence-electron chi connectivity index (χ0n) is 22.2. The number of hydrogen-bond acceptors (Lipinski definition) is 5. The van der Waals surface area contributed by atoms with Gasteiger partial charge in [-0.3, -0.25) is 14.4 Å². The number of hydrogen-bond donors (Lipinski definition) is 2. The second kappa shape index (κ2) is 12.1. The predicted octanol–water partition coefficient (Wildman–Crippen LogP) is 6.02. The number of carbonyl (C=O) groups is 1. The van der Waals surface area contributed by atoms with Gasteiger partial charge in [-0.15, -0.1) is 0 Å². The summed E-state index contributed by atoms with van der Waals surface area (Å²) >= 11 is 6.11. The first-order chi connectivity index (χ1) is 19.3. The summed E-state index contributed by atoms with van der Waals surface area (Å²) in [6.07, 6.45) is 0. The molecule has 1 saturated heterocycles. The van der Waals surface area contributed by atoms with E-state index in [0.29, 0.717) is 27.5 Å². The molecule has 206 valence electrons. The van der Waals surface area contributed by atoms with Crippen LogP contribution in [0.25, 0.3) is 0 Å². The van der Waals surface area contributed by atoms with Crippen LogP contribution in [0.15, 0.2) is 102 Å². The van der Waals surface area contributed by atoms with E-state index in [-0.39, 0.29) is 10.8 Å². The van der Waals surface area contributed by atoms with Crippen LogP contribution in [0.5, 0.6) is 0 Å². The summed E-state index contributed by atoms with van der Waals surface area (Å²) in [6, 6.07) is 29.2. The van der Waals surface area contributed by atoms with Crippen molar-refractivity contribution in [3.05, 3.63) is 119 Å². The van der Waals surface area contributed by atoms with Crippen molar-refractivity contribution in [1.29, 1.82) is 0 Å². The Kier molecular flexibility index (Phi) is 8.40. The number of para-hydroxylation sites is 1. The molecule has 7 nitrogen and oxygen atoms in total. The summed E-state index contributed by atoms with van der Waals surface area (Å²) in [5, 5.41) is 3.32. The van der Waals surface area contributed by atoms with Gasteiger partial charge in [-0.25, -0.2) is 8.42 Å². The molecular formula is C31H31ClN4O3S. The van der Waals surface area contributed by atoms with Crippen molar-refractivity contribution in [2.75, 3.05) is 41.1 Å². The number of sulfonamides is 1. The summed E-state index contributed by atoms with van der Waals surface area (Å²) < 4.78 is 28.2. The number of nitrogens with zero attached hydrogens (tertiary/aromatic N) is 2. The predicted molar refractivity (Wildman–Crippen MR) is 162 cm³/mol. The van der Waals surface area contributed by atoms with Gasteiger partial charge in [-0.1, -0.05) is 48.0 Å². The van der Waals surface area contributed by atoms with E-state index in [9.17, 15) is 13.2 Å². The highest BCUT2D eigenvalue weighted by atomic mass is 35.5. The number of rotatable bonds is 8. The molecule has 0 unspecified atom stereocenters. The fraction of sp³-hybridized carbons (Fsp3) is 0.194. The summed E-state index contributed by atoms with van der Waals surface area (Å²) in [5.41, 5.74) is 4.52. The monoisotopic (exact) mass is 574 g/mol. The molecule has 4 aromatic rings. The minimum atomic E-state index is -3.81. The first-order valence-electron chi connectivity index (χ1n) is 13.1. The highest BCUT2D eigenvalue weighted by Gasteiger charge is 2.18. The van der Waals surface area contributed by atoms with Crippen LogP contribution in [-0.2, 0) is 16.6 Å². The fourth-order valence-corrected chi connectivity index (χ4v) is 5.96. The molecule has 0 radical (unpaired) electrons. The van der Waals surface area contributed by atoms with Crippen molar-refractivity contribution in [2.45, 2.75) is 18.4 Å². The molecule has 4 aromatic carbocycles. The number of anilines is 3. The average molecular weight is 575 g/mol. The largest absolute Gasteiger partial charge is 0.369 e. The molecule has 0 aliphatic carbocycles. The van der Waals surface area contributed by atoms with Crippen molar-refractivity contribution in [2.24, 2.45) is 0 Å². The molecule has 1 aliphatic rings. The molecule has 1 amide bonds. The van der Waals surface area contributed by atoms with Crippen molar-refractivity contribution >= 4 is 44.6 Å². The van der Waals surface area contributed by atoms with Gasteiger partial charge in [-0.2, -0.15) is 0 Å². The third kappa shape index (κ3) is 6.65. The lowest BCUT2D eigenvalue weighted by Gasteiger charge is -2.36. The minimum Gasteiger partial charge on any atom is -0.369 e. The maximum atomic E-state index is 12.8. The Morgan fingerprint density at radius 1 is 0.825 bits per heavy atom. The maximum Gasteiger partial charge on any atom is 0.261 e. The van der Waals surface area contributed by atoms with Gasteiger partial charge < -0.3 is 10.2 Å². The minimum absolute atomic E-state index is 0.0822. The Morgan fingerprint density at radius 2 is 1.50 bits per heavy atom. The smallest absolute Gasteiger partial charge is 0.261 e. The number of benzene rings is 4. The SMILES string of the molecule is Cc1c(Cl)cccc1NS(=O)(=O)c1ccc(NC(=O)c2ccc(CN3CCN(c4ccccc4)CC3)cc2)cc1. The summed E-state index contributed by atoms with van der Waals surface area (Å²) in [4.78, 5) is 17.7. The Bertz CT molecular complexity index is 1570. The zero-order valence-corrected chi connectivity index (χ0v) is 23.8. The van der Waals surface area contributed by atoms with Crippen LogP contribution in [0.1, 0.15) is 21.5 Å². The summed E-state index contributed by atoms with van der Waals surface area (Å²) in [5.74, 6) is -0.258. The lowest BCUT2D eigenvalue weighted by Crippen LogP contribution is -2.45. The first kappa shape index (κ1) is 27.7. The number of amides is 1. The second-order valence-electron chi connectivity index (χ2n) is 9.79. The van der Waals surface area contributed by atoms with Crippen molar-refractivity contribution in [1.82, 2.24) is 4.90 Å². The van der Waals surface area contributed by atoms with E-state index >= 15 is 0 Å². The van der Waals surface area contributed by atoms with E-state index in [1.165, 1.54) is 17.8 Å². The summed E-state index contributed by atoms with van der Waals surface area (Å²) in [7, 11) is -3.81. The number of carbonyl (C=O) groups excluding carboxylic acids is 1. The molecule has 0 atom stereocenters. The third-order valence-electron chi connectivity index (χ3n) is 7.05. The van der Waals surface area contributed by atoms with E-state index in [1.54, 1.807) is 37.3 Å². The van der Waals surface area contributed by atoms with E-state index in [2.05, 4.69) is 44.1 Å². The standard InChI is InChI=1S/C31H31ClN4O3S/c1-23-29(32)8-5-9-30(23)34-40(38,39)28-16-14-26(15-17-28)33-31(37)25-12-10-24(11-13-25)22-35-18-20-36(21-19-35)27-6-3-2-4-7-27/h2-17,34H,18-22H2,1H3,(H,33,37). The second-order valence-corrected chi connectivity index (χ2v) is 11.9. The van der Waals surface area contributed by atoms with Gasteiger partial charge in [0.05, 0.1) is 10.6 Å². The quantitative estimate of drug-likeness (QED) is 0.269. The van der Waals surface area contributed by atoms with Gasteiger partial charge in [-0.05, 0) is 78.7 Å². The topological polar surface area (TPSA) is 81.8 Å². The highest BCUT2D eigenvalue weighted by Crippen LogP contribution is 2.26. The highest BCUT2D eigenvalue weighted by molar-refractivity contribution is 7.92. The van der Waals surface area contributed by atoms with Crippen LogP contribution in [0, 0.1) is 6.92 Å². The Morgan fingerprint density at radius 3 is 2.17 bits per heavy atom. The molecule has 0 spiro atoms. The van der Waals surface area contributed by atoms with E-state index < -0.39 is 10.0 Å². The van der Waals surface area contributed by atoms with E-state index in [4.69, 9.17) is 11.6 Å². The van der Waals surface area contributed by atoms with Crippen LogP contribution in [0.3, 0.4) is 0 Å². The van der Waals surface area contributed by atoms with Crippen molar-refractivity contribution in [3.8, 4) is 0 Å². The normalized spacial score (nSPS) is 14.1. The van der Waals surface area contributed by atoms with Crippen LogP contribution in [0.4, 0.5) is 17.1 Å². The lowest BCUT2D eigenvalue weighted by molar-refractivity contribution is 0.102. The molecule has 2 N–H and O–H groups in total. The van der Waals surface area contributed by atoms with Crippen LogP contribution >= 0.6 is 11.6 Å². The van der Waals surface area contributed by atoms with Crippen molar-refractivity contribution < 1.29 is 13.2 Å².